The molecule has 1 atom stereocenters. The van der Waals surface area contributed by atoms with Gasteiger partial charge in [0.25, 0.3) is 0 Å². The van der Waals surface area contributed by atoms with Gasteiger partial charge < -0.3 is 11.1 Å². The second-order valence-electron chi connectivity index (χ2n) is 4.27. The van der Waals surface area contributed by atoms with Gasteiger partial charge in [-0.1, -0.05) is 56.4 Å². The van der Waals surface area contributed by atoms with E-state index in [4.69, 9.17) is 18.0 Å². The maximum absolute atomic E-state index is 12.2. The molecule has 1 amide bonds. The molecule has 0 heterocycles. The van der Waals surface area contributed by atoms with E-state index in [-0.39, 0.29) is 16.9 Å². The van der Waals surface area contributed by atoms with E-state index in [1.54, 1.807) is 0 Å². The Kier molecular flexibility index (Phi) is 5.78. The maximum atomic E-state index is 12.2. The number of nitrogens with one attached hydrogen (secondary N) is 1. The van der Waals surface area contributed by atoms with Crippen molar-refractivity contribution in [1.29, 1.82) is 0 Å². The van der Waals surface area contributed by atoms with Gasteiger partial charge in [0.15, 0.2) is 0 Å². The van der Waals surface area contributed by atoms with Gasteiger partial charge in [0.1, 0.15) is 5.92 Å². The first-order valence-corrected chi connectivity index (χ1v) is 6.65. The molecule has 0 spiro atoms. The van der Waals surface area contributed by atoms with Gasteiger partial charge in [0.05, 0.1) is 4.99 Å². The van der Waals surface area contributed by atoms with Crippen molar-refractivity contribution < 1.29 is 4.79 Å². The van der Waals surface area contributed by atoms with Crippen LogP contribution in [0.1, 0.15) is 38.2 Å². The molecule has 1 unspecified atom stereocenters. The monoisotopic (exact) mass is 264 g/mol. The number of nitrogens with two attached hydrogens (primary N) is 1. The fourth-order valence-electron chi connectivity index (χ4n) is 1.87. The number of amides is 1. The average molecular weight is 264 g/mol. The van der Waals surface area contributed by atoms with Gasteiger partial charge in [0.2, 0.25) is 5.91 Å². The van der Waals surface area contributed by atoms with Crippen LogP contribution in [0.2, 0.25) is 0 Å². The fourth-order valence-corrected chi connectivity index (χ4v) is 2.11. The fraction of sp³-hybridized carbons (Fsp3) is 0.429. The number of thiocarbonyl (C=S) groups is 1. The van der Waals surface area contributed by atoms with Crippen molar-refractivity contribution >= 4 is 23.1 Å². The summed E-state index contributed by atoms with van der Waals surface area (Å²) in [5, 5.41) is 2.99. The quantitative estimate of drug-likeness (QED) is 0.776. The molecule has 1 aromatic rings. The van der Waals surface area contributed by atoms with Crippen LogP contribution in [-0.4, -0.2) is 16.9 Å². The predicted octanol–water partition coefficient (Wildman–Crippen LogP) is 2.36. The number of hydrogen-bond donors (Lipinski definition) is 2. The molecule has 0 aliphatic heterocycles. The molecule has 0 aliphatic carbocycles. The Hall–Kier alpha value is -1.42. The summed E-state index contributed by atoms with van der Waals surface area (Å²) >= 11 is 5.02. The van der Waals surface area contributed by atoms with Gasteiger partial charge in [-0.25, -0.2) is 0 Å². The zero-order valence-electron chi connectivity index (χ0n) is 10.8. The largest absolute Gasteiger partial charge is 0.392 e. The first-order chi connectivity index (χ1) is 8.60. The number of rotatable bonds is 6. The predicted molar refractivity (Wildman–Crippen MR) is 78.5 cm³/mol. The highest BCUT2D eigenvalue weighted by molar-refractivity contribution is 7.80. The van der Waals surface area contributed by atoms with Crippen molar-refractivity contribution in [2.24, 2.45) is 5.73 Å². The molecule has 3 N–H and O–H groups in total. The SMILES string of the molecule is CCC(CC)NC(=O)C(C(N)=S)c1ccccc1. The van der Waals surface area contributed by atoms with Crippen LogP contribution in [0, 0.1) is 0 Å². The summed E-state index contributed by atoms with van der Waals surface area (Å²) in [6.07, 6.45) is 1.81. The Morgan fingerprint density at radius 3 is 2.28 bits per heavy atom. The first-order valence-electron chi connectivity index (χ1n) is 6.24. The average Bonchev–Trinajstić information content (AvgIpc) is 2.37. The first kappa shape index (κ1) is 14.6. The third-order valence-electron chi connectivity index (χ3n) is 3.01. The van der Waals surface area contributed by atoms with Crippen LogP contribution in [0.3, 0.4) is 0 Å². The van der Waals surface area contributed by atoms with Crippen LogP contribution in [0.15, 0.2) is 30.3 Å². The normalized spacial score (nSPS) is 12.2. The van der Waals surface area contributed by atoms with Crippen molar-refractivity contribution in [3.63, 3.8) is 0 Å². The van der Waals surface area contributed by atoms with Gasteiger partial charge in [-0.15, -0.1) is 0 Å². The molecule has 0 fully saturated rings. The summed E-state index contributed by atoms with van der Waals surface area (Å²) < 4.78 is 0. The number of benzene rings is 1. The Bertz CT molecular complexity index is 402. The Morgan fingerprint density at radius 1 is 1.28 bits per heavy atom. The summed E-state index contributed by atoms with van der Waals surface area (Å²) in [6, 6.07) is 9.58. The minimum Gasteiger partial charge on any atom is -0.392 e. The van der Waals surface area contributed by atoms with Gasteiger partial charge in [-0.3, -0.25) is 4.79 Å². The Labute approximate surface area is 114 Å². The van der Waals surface area contributed by atoms with Crippen molar-refractivity contribution in [2.45, 2.75) is 38.6 Å². The molecule has 0 radical (unpaired) electrons. The van der Waals surface area contributed by atoms with E-state index in [2.05, 4.69) is 5.32 Å². The number of carbonyl (C=O) groups is 1. The molecular weight excluding hydrogens is 244 g/mol. The van der Waals surface area contributed by atoms with E-state index >= 15 is 0 Å². The van der Waals surface area contributed by atoms with E-state index in [1.165, 1.54) is 0 Å². The molecule has 18 heavy (non-hydrogen) atoms. The standard InChI is InChI=1S/C14H20N2OS/c1-3-11(4-2)16-14(17)12(13(15)18)10-8-6-5-7-9-10/h5-9,11-12H,3-4H2,1-2H3,(H2,15,18)(H,16,17). The highest BCUT2D eigenvalue weighted by atomic mass is 32.1. The highest BCUT2D eigenvalue weighted by Gasteiger charge is 2.24. The Morgan fingerprint density at radius 2 is 1.83 bits per heavy atom. The van der Waals surface area contributed by atoms with E-state index in [1.807, 2.05) is 44.2 Å². The minimum absolute atomic E-state index is 0.109. The third kappa shape index (κ3) is 3.81. The van der Waals surface area contributed by atoms with Crippen molar-refractivity contribution in [1.82, 2.24) is 5.32 Å². The number of carbonyl (C=O) groups excluding carboxylic acids is 1. The zero-order valence-corrected chi connectivity index (χ0v) is 11.7. The van der Waals surface area contributed by atoms with Crippen LogP contribution in [0.4, 0.5) is 0 Å². The van der Waals surface area contributed by atoms with Crippen molar-refractivity contribution in [3.8, 4) is 0 Å². The molecule has 0 saturated carbocycles. The second-order valence-corrected chi connectivity index (χ2v) is 4.74. The molecule has 98 valence electrons. The van der Waals surface area contributed by atoms with Crippen LogP contribution < -0.4 is 11.1 Å². The smallest absolute Gasteiger partial charge is 0.234 e. The second kappa shape index (κ2) is 7.11. The van der Waals surface area contributed by atoms with Crippen LogP contribution >= 0.6 is 12.2 Å². The lowest BCUT2D eigenvalue weighted by Gasteiger charge is -2.20. The summed E-state index contributed by atoms with van der Waals surface area (Å²) in [4.78, 5) is 12.4. The molecule has 0 aromatic heterocycles. The molecule has 1 aromatic carbocycles. The molecule has 0 aliphatic rings. The Balaban J connectivity index is 2.87. The van der Waals surface area contributed by atoms with Gasteiger partial charge >= 0.3 is 0 Å². The number of hydrogen-bond acceptors (Lipinski definition) is 2. The summed E-state index contributed by atoms with van der Waals surface area (Å²) in [6.45, 7) is 4.10. The molecular formula is C14H20N2OS. The highest BCUT2D eigenvalue weighted by Crippen LogP contribution is 2.16. The van der Waals surface area contributed by atoms with E-state index < -0.39 is 5.92 Å². The minimum atomic E-state index is -0.540. The van der Waals surface area contributed by atoms with Crippen molar-refractivity contribution in [3.05, 3.63) is 35.9 Å². The van der Waals surface area contributed by atoms with Crippen LogP contribution in [-0.2, 0) is 4.79 Å². The lowest BCUT2D eigenvalue weighted by molar-refractivity contribution is -0.121. The van der Waals surface area contributed by atoms with E-state index in [0.717, 1.165) is 18.4 Å². The third-order valence-corrected chi connectivity index (χ3v) is 3.25. The topological polar surface area (TPSA) is 55.1 Å². The van der Waals surface area contributed by atoms with Crippen LogP contribution in [0.5, 0.6) is 0 Å². The lowest BCUT2D eigenvalue weighted by atomic mass is 9.97. The molecule has 1 rings (SSSR count). The van der Waals surface area contributed by atoms with Gasteiger partial charge in [0, 0.05) is 6.04 Å². The van der Waals surface area contributed by atoms with E-state index in [0.29, 0.717) is 0 Å². The summed E-state index contributed by atoms with van der Waals surface area (Å²) in [5.41, 5.74) is 6.54. The molecule has 3 nitrogen and oxygen atoms in total. The molecule has 0 saturated heterocycles. The van der Waals surface area contributed by atoms with E-state index in [9.17, 15) is 4.79 Å². The zero-order chi connectivity index (χ0) is 13.5. The lowest BCUT2D eigenvalue weighted by Crippen LogP contribution is -2.41. The summed E-state index contributed by atoms with van der Waals surface area (Å²) in [7, 11) is 0. The maximum Gasteiger partial charge on any atom is 0.234 e. The molecule has 0 bridgehead atoms. The van der Waals surface area contributed by atoms with Crippen molar-refractivity contribution in [2.75, 3.05) is 0 Å². The molecule has 4 heteroatoms. The van der Waals surface area contributed by atoms with Crippen LogP contribution in [0.25, 0.3) is 0 Å². The summed E-state index contributed by atoms with van der Waals surface area (Å²) in [5.74, 6) is -0.649. The van der Waals surface area contributed by atoms with Gasteiger partial charge in [-0.05, 0) is 18.4 Å². The van der Waals surface area contributed by atoms with Gasteiger partial charge in [-0.2, -0.15) is 0 Å².